The fourth-order valence-electron chi connectivity index (χ4n) is 2.45. The van der Waals surface area contributed by atoms with Gasteiger partial charge in [-0.15, -0.1) is 0 Å². The molecule has 0 aromatic heterocycles. The Labute approximate surface area is 124 Å². The van der Waals surface area contributed by atoms with Crippen molar-refractivity contribution in [2.24, 2.45) is 5.73 Å². The van der Waals surface area contributed by atoms with Crippen LogP contribution in [-0.4, -0.2) is 24.2 Å². The number of benzene rings is 2. The molecule has 0 aliphatic heterocycles. The first-order valence-corrected chi connectivity index (χ1v) is 6.86. The van der Waals surface area contributed by atoms with Crippen molar-refractivity contribution in [1.82, 2.24) is 0 Å². The maximum Gasteiger partial charge on any atom is 0.307 e. The van der Waals surface area contributed by atoms with Gasteiger partial charge in [0.1, 0.15) is 5.60 Å². The zero-order valence-electron chi connectivity index (χ0n) is 11.7. The van der Waals surface area contributed by atoms with Gasteiger partial charge in [0.05, 0.1) is 13.0 Å². The zero-order chi connectivity index (χ0) is 15.1. The quantitative estimate of drug-likeness (QED) is 0.819. The van der Waals surface area contributed by atoms with Crippen LogP contribution < -0.4 is 5.73 Å². The third-order valence-corrected chi connectivity index (χ3v) is 3.35. The van der Waals surface area contributed by atoms with Crippen LogP contribution >= 0.6 is 0 Å². The summed E-state index contributed by atoms with van der Waals surface area (Å²) in [6.45, 7) is 0.623. The van der Waals surface area contributed by atoms with Crippen molar-refractivity contribution in [2.75, 3.05) is 13.2 Å². The summed E-state index contributed by atoms with van der Waals surface area (Å²) < 4.78 is 5.96. The molecule has 2 rings (SSSR count). The number of carboxylic acid groups (broad SMARTS) is 1. The summed E-state index contributed by atoms with van der Waals surface area (Å²) in [6.07, 6.45) is -0.152. The molecule has 2 aromatic carbocycles. The van der Waals surface area contributed by atoms with Crippen molar-refractivity contribution >= 4 is 5.97 Å². The molecule has 110 valence electrons. The smallest absolute Gasteiger partial charge is 0.307 e. The molecule has 0 heterocycles. The lowest BCUT2D eigenvalue weighted by atomic mass is 9.83. The Bertz CT molecular complexity index is 530. The van der Waals surface area contributed by atoms with E-state index in [9.17, 15) is 9.90 Å². The molecule has 3 N–H and O–H groups in total. The van der Waals surface area contributed by atoms with E-state index in [0.29, 0.717) is 6.54 Å². The van der Waals surface area contributed by atoms with E-state index in [4.69, 9.17) is 10.5 Å². The van der Waals surface area contributed by atoms with Crippen LogP contribution in [0, 0.1) is 0 Å². The molecule has 21 heavy (non-hydrogen) atoms. The maximum atomic E-state index is 11.4. The molecule has 0 spiro atoms. The average molecular weight is 285 g/mol. The number of carboxylic acids is 1. The number of aliphatic carboxylic acids is 1. The first kappa shape index (κ1) is 15.2. The van der Waals surface area contributed by atoms with Crippen LogP contribution in [0.5, 0.6) is 0 Å². The largest absolute Gasteiger partial charge is 0.481 e. The van der Waals surface area contributed by atoms with E-state index in [1.165, 1.54) is 0 Å². The van der Waals surface area contributed by atoms with E-state index < -0.39 is 11.6 Å². The lowest BCUT2D eigenvalue weighted by Gasteiger charge is -2.33. The summed E-state index contributed by atoms with van der Waals surface area (Å²) in [6, 6.07) is 18.8. The molecule has 0 saturated heterocycles. The second-order valence-electron chi connectivity index (χ2n) is 4.77. The minimum absolute atomic E-state index is 0.152. The number of nitrogens with two attached hydrogens (primary N) is 1. The Morgan fingerprint density at radius 2 is 1.48 bits per heavy atom. The van der Waals surface area contributed by atoms with Crippen molar-refractivity contribution in [3.05, 3.63) is 71.8 Å². The third kappa shape index (κ3) is 3.48. The molecular weight excluding hydrogens is 266 g/mol. The van der Waals surface area contributed by atoms with Crippen molar-refractivity contribution in [3.63, 3.8) is 0 Å². The van der Waals surface area contributed by atoms with Gasteiger partial charge in [-0.25, -0.2) is 0 Å². The highest BCUT2D eigenvalue weighted by Gasteiger charge is 2.37. The van der Waals surface area contributed by atoms with Crippen LogP contribution in [0.3, 0.4) is 0 Å². The summed E-state index contributed by atoms with van der Waals surface area (Å²) in [7, 11) is 0. The first-order valence-electron chi connectivity index (χ1n) is 6.86. The molecule has 0 aliphatic carbocycles. The van der Waals surface area contributed by atoms with Gasteiger partial charge in [0.2, 0.25) is 0 Å². The molecule has 4 heteroatoms. The summed E-state index contributed by atoms with van der Waals surface area (Å²) in [5, 5.41) is 9.36. The van der Waals surface area contributed by atoms with Gasteiger partial charge in [-0.05, 0) is 11.1 Å². The fourth-order valence-corrected chi connectivity index (χ4v) is 2.45. The first-order chi connectivity index (χ1) is 10.2. The van der Waals surface area contributed by atoms with E-state index in [0.717, 1.165) is 11.1 Å². The topological polar surface area (TPSA) is 72.5 Å². The number of rotatable bonds is 7. The molecule has 0 amide bonds. The average Bonchev–Trinajstić information content (AvgIpc) is 2.53. The van der Waals surface area contributed by atoms with Gasteiger partial charge in [-0.1, -0.05) is 60.7 Å². The van der Waals surface area contributed by atoms with E-state index >= 15 is 0 Å². The molecule has 0 fully saturated rings. The van der Waals surface area contributed by atoms with Gasteiger partial charge in [0.25, 0.3) is 0 Å². The standard InChI is InChI=1S/C17H19NO3/c18-11-12-21-17(13-16(19)20,14-7-3-1-4-8-14)15-9-5-2-6-10-15/h1-10H,11-13,18H2,(H,19,20). The monoisotopic (exact) mass is 285 g/mol. The number of hydrogen-bond donors (Lipinski definition) is 2. The van der Waals surface area contributed by atoms with Gasteiger partial charge >= 0.3 is 5.97 Å². The van der Waals surface area contributed by atoms with Crippen LogP contribution in [-0.2, 0) is 15.1 Å². The Hall–Kier alpha value is -2.17. The van der Waals surface area contributed by atoms with Gasteiger partial charge in [0.15, 0.2) is 0 Å². The van der Waals surface area contributed by atoms with Crippen molar-refractivity contribution in [3.8, 4) is 0 Å². The van der Waals surface area contributed by atoms with E-state index in [2.05, 4.69) is 0 Å². The van der Waals surface area contributed by atoms with E-state index in [1.807, 2.05) is 60.7 Å². The molecule has 0 atom stereocenters. The lowest BCUT2D eigenvalue weighted by Crippen LogP contribution is -2.35. The Kier molecular flexibility index (Phi) is 5.09. The highest BCUT2D eigenvalue weighted by atomic mass is 16.5. The SMILES string of the molecule is NCCOC(CC(=O)O)(c1ccccc1)c1ccccc1. The Balaban J connectivity index is 2.56. The van der Waals surface area contributed by atoms with Crippen molar-refractivity contribution < 1.29 is 14.6 Å². The Morgan fingerprint density at radius 3 is 1.86 bits per heavy atom. The zero-order valence-corrected chi connectivity index (χ0v) is 11.7. The third-order valence-electron chi connectivity index (χ3n) is 3.35. The van der Waals surface area contributed by atoms with Gasteiger partial charge < -0.3 is 15.6 Å². The van der Waals surface area contributed by atoms with E-state index in [1.54, 1.807) is 0 Å². The highest BCUT2D eigenvalue weighted by molar-refractivity contribution is 5.70. The Morgan fingerprint density at radius 1 is 1.00 bits per heavy atom. The summed E-state index contributed by atoms with van der Waals surface area (Å²) in [4.78, 5) is 11.4. The molecule has 0 bridgehead atoms. The van der Waals surface area contributed by atoms with Crippen LogP contribution in [0.4, 0.5) is 0 Å². The fraction of sp³-hybridized carbons (Fsp3) is 0.235. The van der Waals surface area contributed by atoms with Crippen LogP contribution in [0.2, 0.25) is 0 Å². The van der Waals surface area contributed by atoms with Gasteiger partial charge in [-0.2, -0.15) is 0 Å². The molecule has 0 unspecified atom stereocenters. The molecule has 0 radical (unpaired) electrons. The van der Waals surface area contributed by atoms with Crippen molar-refractivity contribution in [2.45, 2.75) is 12.0 Å². The summed E-state index contributed by atoms with van der Waals surface area (Å²) in [5.74, 6) is -0.917. The number of ether oxygens (including phenoxy) is 1. The molecule has 4 nitrogen and oxygen atoms in total. The highest BCUT2D eigenvalue weighted by Crippen LogP contribution is 2.37. The van der Waals surface area contributed by atoms with Gasteiger partial charge in [0, 0.05) is 6.54 Å². The minimum Gasteiger partial charge on any atom is -0.481 e. The maximum absolute atomic E-state index is 11.4. The molecular formula is C17H19NO3. The van der Waals surface area contributed by atoms with E-state index in [-0.39, 0.29) is 13.0 Å². The van der Waals surface area contributed by atoms with Crippen LogP contribution in [0.1, 0.15) is 17.5 Å². The predicted octanol–water partition coefficient (Wildman–Crippen LogP) is 2.38. The minimum atomic E-state index is -1.02. The number of carbonyl (C=O) groups is 1. The lowest BCUT2D eigenvalue weighted by molar-refractivity contribution is -0.144. The molecule has 0 aliphatic rings. The second-order valence-corrected chi connectivity index (χ2v) is 4.77. The molecule has 2 aromatic rings. The van der Waals surface area contributed by atoms with Crippen molar-refractivity contribution in [1.29, 1.82) is 0 Å². The van der Waals surface area contributed by atoms with Gasteiger partial charge in [-0.3, -0.25) is 4.79 Å². The van der Waals surface area contributed by atoms with Crippen LogP contribution in [0.25, 0.3) is 0 Å². The summed E-state index contributed by atoms with van der Waals surface area (Å²) >= 11 is 0. The predicted molar refractivity (Wildman–Crippen MR) is 80.9 cm³/mol. The normalized spacial score (nSPS) is 11.3. The number of hydrogen-bond acceptors (Lipinski definition) is 3. The molecule has 0 saturated carbocycles. The van der Waals surface area contributed by atoms with Crippen LogP contribution in [0.15, 0.2) is 60.7 Å². The second kappa shape index (κ2) is 7.02. The summed E-state index contributed by atoms with van der Waals surface area (Å²) in [5.41, 5.74) is 6.15.